The highest BCUT2D eigenvalue weighted by molar-refractivity contribution is 7.98. The first-order valence-electron chi connectivity index (χ1n) is 4.91. The second kappa shape index (κ2) is 5.37. The van der Waals surface area contributed by atoms with Crippen LogP contribution in [0.1, 0.15) is 11.7 Å². The van der Waals surface area contributed by atoms with Crippen LogP contribution in [0.15, 0.2) is 21.8 Å². The smallest absolute Gasteiger partial charge is 0.213 e. The quantitative estimate of drug-likeness (QED) is 0.524. The minimum absolute atomic E-state index is 0.412. The molecule has 0 spiro atoms. The van der Waals surface area contributed by atoms with Crippen molar-refractivity contribution in [1.82, 2.24) is 15.0 Å². The Hall–Kier alpha value is -1.27. The standard InChI is InChI=1S/C10H11ClN4OS/c1-6-4-13-9(16-6)5-12-8-3-7(11)14-10(15-8)17-2/h3-4H,5H2,1-2H3,(H,12,14,15). The van der Waals surface area contributed by atoms with Gasteiger partial charge in [0, 0.05) is 6.07 Å². The molecule has 2 aromatic heterocycles. The summed E-state index contributed by atoms with van der Waals surface area (Å²) in [6.07, 6.45) is 3.57. The molecule has 2 heterocycles. The van der Waals surface area contributed by atoms with Gasteiger partial charge in [-0.15, -0.1) is 0 Å². The van der Waals surface area contributed by atoms with Crippen molar-refractivity contribution in [1.29, 1.82) is 0 Å². The summed E-state index contributed by atoms with van der Waals surface area (Å²) >= 11 is 7.31. The Labute approximate surface area is 108 Å². The second-order valence-corrected chi connectivity index (χ2v) is 4.44. The van der Waals surface area contributed by atoms with Crippen molar-refractivity contribution in [3.8, 4) is 0 Å². The number of anilines is 1. The molecule has 0 saturated heterocycles. The largest absolute Gasteiger partial charge is 0.444 e. The number of aryl methyl sites for hydroxylation is 1. The molecule has 90 valence electrons. The summed E-state index contributed by atoms with van der Waals surface area (Å²) in [6.45, 7) is 2.32. The van der Waals surface area contributed by atoms with Crippen LogP contribution >= 0.6 is 23.4 Å². The van der Waals surface area contributed by atoms with Gasteiger partial charge >= 0.3 is 0 Å². The van der Waals surface area contributed by atoms with Crippen LogP contribution in [-0.4, -0.2) is 21.2 Å². The Morgan fingerprint density at radius 1 is 1.47 bits per heavy atom. The van der Waals surface area contributed by atoms with Crippen LogP contribution in [0.25, 0.3) is 0 Å². The van der Waals surface area contributed by atoms with Gasteiger partial charge in [0.2, 0.25) is 5.89 Å². The second-order valence-electron chi connectivity index (χ2n) is 3.28. The maximum absolute atomic E-state index is 5.87. The molecule has 2 aromatic rings. The van der Waals surface area contributed by atoms with E-state index in [-0.39, 0.29) is 0 Å². The molecule has 2 rings (SSSR count). The topological polar surface area (TPSA) is 63.8 Å². The van der Waals surface area contributed by atoms with Crippen LogP contribution in [0, 0.1) is 6.92 Å². The number of hydrogen-bond donors (Lipinski definition) is 1. The van der Waals surface area contributed by atoms with E-state index in [1.807, 2.05) is 13.2 Å². The van der Waals surface area contributed by atoms with Crippen molar-refractivity contribution in [2.24, 2.45) is 0 Å². The van der Waals surface area contributed by atoms with Gasteiger partial charge in [-0.2, -0.15) is 0 Å². The lowest BCUT2D eigenvalue weighted by Crippen LogP contribution is -2.03. The molecule has 17 heavy (non-hydrogen) atoms. The fourth-order valence-electron chi connectivity index (χ4n) is 1.23. The highest BCUT2D eigenvalue weighted by Crippen LogP contribution is 2.17. The minimum atomic E-state index is 0.412. The third-order valence-electron chi connectivity index (χ3n) is 1.95. The number of aromatic nitrogens is 3. The molecule has 0 aliphatic heterocycles. The molecule has 0 aliphatic carbocycles. The summed E-state index contributed by atoms with van der Waals surface area (Å²) in [5, 5.41) is 4.13. The molecule has 1 N–H and O–H groups in total. The number of halogens is 1. The molecule has 0 aliphatic rings. The first-order chi connectivity index (χ1) is 8.17. The summed E-state index contributed by atoms with van der Waals surface area (Å²) in [7, 11) is 0. The zero-order valence-corrected chi connectivity index (χ0v) is 11.0. The number of nitrogens with zero attached hydrogens (tertiary/aromatic N) is 3. The zero-order chi connectivity index (χ0) is 12.3. The van der Waals surface area contributed by atoms with Gasteiger partial charge in [0.05, 0.1) is 12.7 Å². The van der Waals surface area contributed by atoms with E-state index >= 15 is 0 Å². The van der Waals surface area contributed by atoms with Crippen LogP contribution in [0.2, 0.25) is 5.15 Å². The Balaban J connectivity index is 2.05. The zero-order valence-electron chi connectivity index (χ0n) is 9.40. The average Bonchev–Trinajstić information content (AvgIpc) is 2.72. The molecule has 0 atom stereocenters. The summed E-state index contributed by atoms with van der Waals surface area (Å²) in [5.41, 5.74) is 0. The highest BCUT2D eigenvalue weighted by Gasteiger charge is 2.04. The molecule has 7 heteroatoms. The molecule has 0 unspecified atom stereocenters. The van der Waals surface area contributed by atoms with Gasteiger partial charge in [-0.05, 0) is 13.2 Å². The number of oxazole rings is 1. The van der Waals surface area contributed by atoms with E-state index in [9.17, 15) is 0 Å². The molecule has 5 nitrogen and oxygen atoms in total. The Morgan fingerprint density at radius 2 is 2.29 bits per heavy atom. The van der Waals surface area contributed by atoms with E-state index in [0.717, 1.165) is 5.76 Å². The molecule has 0 bridgehead atoms. The summed E-state index contributed by atoms with van der Waals surface area (Å²) < 4.78 is 5.34. The SMILES string of the molecule is CSc1nc(Cl)cc(NCc2ncc(C)o2)n1. The number of rotatable bonds is 4. The fraction of sp³-hybridized carbons (Fsp3) is 0.300. The molecule has 0 fully saturated rings. The van der Waals surface area contributed by atoms with E-state index in [1.165, 1.54) is 11.8 Å². The fourth-order valence-corrected chi connectivity index (χ4v) is 1.84. The minimum Gasteiger partial charge on any atom is -0.444 e. The van der Waals surface area contributed by atoms with Crippen LogP contribution in [0.5, 0.6) is 0 Å². The van der Waals surface area contributed by atoms with Gasteiger partial charge < -0.3 is 9.73 Å². The predicted molar refractivity (Wildman–Crippen MR) is 67.4 cm³/mol. The first-order valence-corrected chi connectivity index (χ1v) is 6.51. The number of nitrogens with one attached hydrogen (secondary N) is 1. The highest BCUT2D eigenvalue weighted by atomic mass is 35.5. The van der Waals surface area contributed by atoms with Crippen LogP contribution < -0.4 is 5.32 Å². The normalized spacial score (nSPS) is 10.5. The van der Waals surface area contributed by atoms with Crippen molar-refractivity contribution < 1.29 is 4.42 Å². The Kier molecular flexibility index (Phi) is 3.86. The van der Waals surface area contributed by atoms with E-state index in [2.05, 4.69) is 20.3 Å². The van der Waals surface area contributed by atoms with E-state index < -0.39 is 0 Å². The van der Waals surface area contributed by atoms with E-state index in [0.29, 0.717) is 28.6 Å². The first kappa shape index (κ1) is 12.2. The monoisotopic (exact) mass is 270 g/mol. The van der Waals surface area contributed by atoms with E-state index in [4.69, 9.17) is 16.0 Å². The molecular formula is C10H11ClN4OS. The molecule has 0 aromatic carbocycles. The molecule has 0 radical (unpaired) electrons. The van der Waals surface area contributed by atoms with Crippen molar-refractivity contribution in [3.63, 3.8) is 0 Å². The number of hydrogen-bond acceptors (Lipinski definition) is 6. The summed E-state index contributed by atoms with van der Waals surface area (Å²) in [4.78, 5) is 12.4. The van der Waals surface area contributed by atoms with Crippen molar-refractivity contribution >= 4 is 29.2 Å². The predicted octanol–water partition coefficient (Wildman–Crippen LogP) is 2.76. The lowest BCUT2D eigenvalue weighted by atomic mass is 10.5. The molecular weight excluding hydrogens is 260 g/mol. The third kappa shape index (κ3) is 3.34. The van der Waals surface area contributed by atoms with Gasteiger partial charge in [0.15, 0.2) is 5.16 Å². The lowest BCUT2D eigenvalue weighted by Gasteiger charge is -2.04. The Bertz CT molecular complexity index is 517. The molecule has 0 amide bonds. The van der Waals surface area contributed by atoms with Crippen molar-refractivity contribution in [3.05, 3.63) is 29.1 Å². The maximum Gasteiger partial charge on any atom is 0.213 e. The van der Waals surface area contributed by atoms with Crippen molar-refractivity contribution in [2.45, 2.75) is 18.6 Å². The summed E-state index contributed by atoms with van der Waals surface area (Å²) in [5.74, 6) is 2.06. The van der Waals surface area contributed by atoms with Crippen LogP contribution in [0.3, 0.4) is 0 Å². The van der Waals surface area contributed by atoms with Gasteiger partial charge in [-0.3, -0.25) is 0 Å². The van der Waals surface area contributed by atoms with Gasteiger partial charge in [-0.1, -0.05) is 23.4 Å². The van der Waals surface area contributed by atoms with Gasteiger partial charge in [-0.25, -0.2) is 15.0 Å². The average molecular weight is 271 g/mol. The van der Waals surface area contributed by atoms with Gasteiger partial charge in [0.25, 0.3) is 0 Å². The maximum atomic E-state index is 5.87. The Morgan fingerprint density at radius 3 is 2.94 bits per heavy atom. The summed E-state index contributed by atoms with van der Waals surface area (Å²) in [6, 6.07) is 1.66. The molecule has 0 saturated carbocycles. The lowest BCUT2D eigenvalue weighted by molar-refractivity contribution is 0.478. The van der Waals surface area contributed by atoms with Crippen LogP contribution in [0.4, 0.5) is 5.82 Å². The van der Waals surface area contributed by atoms with Crippen molar-refractivity contribution in [2.75, 3.05) is 11.6 Å². The van der Waals surface area contributed by atoms with Crippen LogP contribution in [-0.2, 0) is 6.54 Å². The van der Waals surface area contributed by atoms with E-state index in [1.54, 1.807) is 12.3 Å². The third-order valence-corrected chi connectivity index (χ3v) is 2.69. The van der Waals surface area contributed by atoms with Gasteiger partial charge in [0.1, 0.15) is 16.7 Å². The number of thioether (sulfide) groups is 1.